The van der Waals surface area contributed by atoms with Gasteiger partial charge in [0, 0.05) is 54.2 Å². The highest BCUT2D eigenvalue weighted by Crippen LogP contribution is 2.34. The van der Waals surface area contributed by atoms with Crippen molar-refractivity contribution in [1.82, 2.24) is 8.87 Å². The summed E-state index contributed by atoms with van der Waals surface area (Å²) in [5.74, 6) is 0. The van der Waals surface area contributed by atoms with Gasteiger partial charge in [0.15, 0.2) is 0 Å². The molecule has 2 fully saturated rings. The zero-order valence-electron chi connectivity index (χ0n) is 21.6. The fourth-order valence-corrected chi connectivity index (χ4v) is 6.90. The third-order valence-electron chi connectivity index (χ3n) is 7.07. The van der Waals surface area contributed by atoms with E-state index in [1.54, 1.807) is 6.07 Å². The Labute approximate surface area is 228 Å². The van der Waals surface area contributed by atoms with Gasteiger partial charge in [-0.3, -0.25) is 4.99 Å². The first kappa shape index (κ1) is 26.5. The number of hydrogen-bond acceptors (Lipinski definition) is 7. The summed E-state index contributed by atoms with van der Waals surface area (Å²) >= 11 is 1.12. The average molecular weight is 550 g/mol. The lowest BCUT2D eigenvalue weighted by molar-refractivity contribution is 0.0730. The largest absolute Gasteiger partial charge is 0.379 e. The predicted octanol–water partition coefficient (Wildman–Crippen LogP) is 5.04. The normalized spacial score (nSPS) is 16.8. The molecule has 3 heterocycles. The van der Waals surface area contributed by atoms with Crippen LogP contribution in [-0.4, -0.2) is 62.9 Å². The van der Waals surface area contributed by atoms with Crippen LogP contribution < -0.4 is 4.90 Å². The van der Waals surface area contributed by atoms with Crippen molar-refractivity contribution in [2.24, 2.45) is 4.99 Å². The molecule has 0 spiro atoms. The molecule has 0 bridgehead atoms. The third-order valence-corrected chi connectivity index (χ3v) is 9.56. The molecule has 0 amide bonds. The fourth-order valence-electron chi connectivity index (χ4n) is 5.09. The molecule has 2 aliphatic rings. The quantitative estimate of drug-likeness (QED) is 0.233. The van der Waals surface area contributed by atoms with Crippen molar-refractivity contribution in [2.75, 3.05) is 44.3 Å². The maximum Gasteiger partial charge on any atom is 0.243 e. The second kappa shape index (κ2) is 11.3. The number of nitrogens with zero attached hydrogens (tertiary/aromatic N) is 5. The van der Waals surface area contributed by atoms with Crippen molar-refractivity contribution in [1.29, 1.82) is 5.26 Å². The van der Waals surface area contributed by atoms with E-state index in [4.69, 9.17) is 10.00 Å². The summed E-state index contributed by atoms with van der Waals surface area (Å²) in [7, 11) is -3.63. The van der Waals surface area contributed by atoms with Gasteiger partial charge in [-0.05, 0) is 87.0 Å². The molecular weight excluding hydrogens is 518 g/mol. The zero-order chi connectivity index (χ0) is 26.7. The molecule has 1 aromatic heterocycles. The maximum absolute atomic E-state index is 13.5. The van der Waals surface area contributed by atoms with Gasteiger partial charge >= 0.3 is 0 Å². The number of morpholine rings is 1. The lowest BCUT2D eigenvalue weighted by Crippen LogP contribution is -2.40. The van der Waals surface area contributed by atoms with Crippen LogP contribution in [-0.2, 0) is 14.8 Å². The number of nitriles is 1. The summed E-state index contributed by atoms with van der Waals surface area (Å²) in [6, 6.07) is 15.1. The van der Waals surface area contributed by atoms with Crippen LogP contribution in [0.3, 0.4) is 0 Å². The monoisotopic (exact) mass is 549 g/mol. The van der Waals surface area contributed by atoms with Gasteiger partial charge in [0.25, 0.3) is 0 Å². The average Bonchev–Trinajstić information content (AvgIpc) is 3.56. The molecule has 10 heteroatoms. The van der Waals surface area contributed by atoms with E-state index in [9.17, 15) is 8.42 Å². The number of sulfonamides is 1. The second-order valence-corrected chi connectivity index (χ2v) is 12.3. The summed E-state index contributed by atoms with van der Waals surface area (Å²) in [5.41, 5.74) is 5.67. The number of aliphatic imine (C=N–C) groups is 1. The topological polar surface area (TPSA) is 90.9 Å². The Bertz CT molecular complexity index is 1480. The highest BCUT2D eigenvalue weighted by atomic mass is 32.2. The molecule has 0 radical (unpaired) electrons. The Morgan fingerprint density at radius 2 is 1.68 bits per heavy atom. The van der Waals surface area contributed by atoms with Crippen molar-refractivity contribution in [3.63, 3.8) is 0 Å². The van der Waals surface area contributed by atoms with E-state index in [1.165, 1.54) is 4.31 Å². The van der Waals surface area contributed by atoms with Gasteiger partial charge in [-0.1, -0.05) is 0 Å². The van der Waals surface area contributed by atoms with Crippen LogP contribution >= 0.6 is 11.8 Å². The summed E-state index contributed by atoms with van der Waals surface area (Å²) in [4.78, 5) is 8.17. The number of hydrogen-bond donors (Lipinski definition) is 0. The Hall–Kier alpha value is -3.10. The molecule has 0 aliphatic carbocycles. The lowest BCUT2D eigenvalue weighted by atomic mass is 10.2. The standard InChI is InChI=1S/C28H31N5O3S2/c1-21-17-23(19-30-24-5-7-25(8-6-24)37-20-29)22(2)33(21)28-18-26(9-10-27(28)31-11-3-4-12-31)38(34,35)32-13-15-36-16-14-32/h5-10,17-19H,3-4,11-16H2,1-2H3. The molecule has 2 saturated heterocycles. The number of thioether (sulfide) groups is 1. The van der Waals surface area contributed by atoms with Gasteiger partial charge in [0.05, 0.1) is 35.2 Å². The molecule has 2 aliphatic heterocycles. The molecule has 0 saturated carbocycles. The summed E-state index contributed by atoms with van der Waals surface area (Å²) in [6.07, 6.45) is 4.09. The second-order valence-electron chi connectivity index (χ2n) is 9.47. The molecule has 0 N–H and O–H groups in total. The number of benzene rings is 2. The molecule has 0 unspecified atom stereocenters. The van der Waals surface area contributed by atoms with Crippen LogP contribution in [0.2, 0.25) is 0 Å². The predicted molar refractivity (Wildman–Crippen MR) is 151 cm³/mol. The van der Waals surface area contributed by atoms with Crippen molar-refractivity contribution >= 4 is 39.4 Å². The molecule has 198 valence electrons. The fraction of sp³-hybridized carbons (Fsp3) is 0.357. The first-order valence-electron chi connectivity index (χ1n) is 12.7. The number of aryl methyl sites for hydroxylation is 1. The van der Waals surface area contributed by atoms with E-state index in [1.807, 2.05) is 56.5 Å². The minimum absolute atomic E-state index is 0.301. The van der Waals surface area contributed by atoms with Gasteiger partial charge in [0.1, 0.15) is 5.40 Å². The Morgan fingerprint density at radius 1 is 0.974 bits per heavy atom. The van der Waals surface area contributed by atoms with E-state index >= 15 is 0 Å². The smallest absolute Gasteiger partial charge is 0.243 e. The molecule has 2 aromatic carbocycles. The molecular formula is C28H31N5O3S2. The Kier molecular flexibility index (Phi) is 7.91. The summed E-state index contributed by atoms with van der Waals surface area (Å²) in [5, 5.41) is 10.9. The molecule has 0 atom stereocenters. The number of ether oxygens (including phenoxy) is 1. The van der Waals surface area contributed by atoms with Crippen molar-refractivity contribution in [3.05, 3.63) is 65.5 Å². The van der Waals surface area contributed by atoms with Crippen LogP contribution in [0.4, 0.5) is 11.4 Å². The van der Waals surface area contributed by atoms with Crippen molar-refractivity contribution in [3.8, 4) is 11.1 Å². The number of rotatable bonds is 7. The van der Waals surface area contributed by atoms with Gasteiger partial charge in [-0.2, -0.15) is 9.57 Å². The maximum atomic E-state index is 13.5. The Morgan fingerprint density at radius 3 is 2.37 bits per heavy atom. The van der Waals surface area contributed by atoms with E-state index in [0.717, 1.165) is 76.6 Å². The van der Waals surface area contributed by atoms with Crippen molar-refractivity contribution in [2.45, 2.75) is 36.5 Å². The molecule has 5 rings (SSSR count). The summed E-state index contributed by atoms with van der Waals surface area (Å²) in [6.45, 7) is 7.54. The SMILES string of the molecule is Cc1cc(C=Nc2ccc(SC#N)cc2)c(C)n1-c1cc(S(=O)(=O)N2CCOCC2)ccc1N1CCCC1. The minimum atomic E-state index is -3.63. The van der Waals surface area contributed by atoms with E-state index < -0.39 is 10.0 Å². The van der Waals surface area contributed by atoms with Gasteiger partial charge < -0.3 is 14.2 Å². The number of thiocyanates is 1. The zero-order valence-corrected chi connectivity index (χ0v) is 23.3. The highest BCUT2D eigenvalue weighted by Gasteiger charge is 2.28. The van der Waals surface area contributed by atoms with Gasteiger partial charge in [-0.15, -0.1) is 0 Å². The highest BCUT2D eigenvalue weighted by molar-refractivity contribution is 8.03. The van der Waals surface area contributed by atoms with Gasteiger partial charge in [-0.25, -0.2) is 8.42 Å². The first-order valence-corrected chi connectivity index (χ1v) is 15.0. The van der Waals surface area contributed by atoms with Crippen LogP contribution in [0.5, 0.6) is 0 Å². The van der Waals surface area contributed by atoms with Crippen LogP contribution in [0, 0.1) is 24.5 Å². The van der Waals surface area contributed by atoms with Crippen LogP contribution in [0.25, 0.3) is 5.69 Å². The molecule has 8 nitrogen and oxygen atoms in total. The van der Waals surface area contributed by atoms with Crippen molar-refractivity contribution < 1.29 is 13.2 Å². The lowest BCUT2D eigenvalue weighted by Gasteiger charge is -2.28. The van der Waals surface area contributed by atoms with Crippen LogP contribution in [0.1, 0.15) is 29.8 Å². The number of aromatic nitrogens is 1. The van der Waals surface area contributed by atoms with Gasteiger partial charge in [0.2, 0.25) is 10.0 Å². The molecule has 3 aromatic rings. The summed E-state index contributed by atoms with van der Waals surface area (Å²) < 4.78 is 36.0. The number of anilines is 1. The van der Waals surface area contributed by atoms with Crippen LogP contribution in [0.15, 0.2) is 63.3 Å². The minimum Gasteiger partial charge on any atom is -0.379 e. The first-order chi connectivity index (χ1) is 18.4. The molecule has 38 heavy (non-hydrogen) atoms. The third kappa shape index (κ3) is 5.38. The van der Waals surface area contributed by atoms with E-state index in [-0.39, 0.29) is 0 Å². The van der Waals surface area contributed by atoms with E-state index in [0.29, 0.717) is 31.2 Å². The van der Waals surface area contributed by atoms with E-state index in [2.05, 4.69) is 25.9 Å². The Balaban J connectivity index is 1.53.